The molecule has 8 nitrogen and oxygen atoms in total. The van der Waals surface area contributed by atoms with Crippen LogP contribution in [0.3, 0.4) is 0 Å². The van der Waals surface area contributed by atoms with E-state index in [4.69, 9.17) is 4.74 Å². The van der Waals surface area contributed by atoms with E-state index in [-0.39, 0.29) is 35.8 Å². The summed E-state index contributed by atoms with van der Waals surface area (Å²) < 4.78 is 5.30. The summed E-state index contributed by atoms with van der Waals surface area (Å²) in [6, 6.07) is 3.49. The number of hydrogen-bond acceptors (Lipinski definition) is 6. The number of rotatable bonds is 5. The predicted octanol–water partition coefficient (Wildman–Crippen LogP) is 0.0582. The van der Waals surface area contributed by atoms with Gasteiger partial charge in [0.1, 0.15) is 0 Å². The van der Waals surface area contributed by atoms with Gasteiger partial charge < -0.3 is 20.3 Å². The summed E-state index contributed by atoms with van der Waals surface area (Å²) in [4.78, 5) is 41.8. The number of amides is 3. The van der Waals surface area contributed by atoms with Gasteiger partial charge in [-0.1, -0.05) is 6.07 Å². The van der Waals surface area contributed by atoms with Crippen LogP contribution < -0.4 is 10.6 Å². The van der Waals surface area contributed by atoms with E-state index < -0.39 is 0 Å². The third-order valence-electron chi connectivity index (χ3n) is 5.76. The van der Waals surface area contributed by atoms with Crippen molar-refractivity contribution in [2.24, 2.45) is 0 Å². The van der Waals surface area contributed by atoms with Gasteiger partial charge in [0.25, 0.3) is 5.91 Å². The highest BCUT2D eigenvalue weighted by molar-refractivity contribution is 7.12. The van der Waals surface area contributed by atoms with Gasteiger partial charge in [-0.2, -0.15) is 0 Å². The Morgan fingerprint density at radius 1 is 1.32 bits per heavy atom. The molecule has 3 amide bonds. The van der Waals surface area contributed by atoms with E-state index in [1.54, 1.807) is 6.07 Å². The topological polar surface area (TPSA) is 91.0 Å². The van der Waals surface area contributed by atoms with Crippen LogP contribution in [0.1, 0.15) is 28.9 Å². The van der Waals surface area contributed by atoms with Crippen molar-refractivity contribution in [3.8, 4) is 0 Å². The van der Waals surface area contributed by atoms with Crippen LogP contribution in [0.5, 0.6) is 0 Å². The number of nitrogens with one attached hydrogen (secondary N) is 2. The molecule has 1 aromatic heterocycles. The number of carbonyl (C=O) groups excluding carboxylic acids is 3. The Morgan fingerprint density at radius 3 is 2.89 bits per heavy atom. The Balaban J connectivity index is 1.33. The molecular weight excluding hydrogens is 380 g/mol. The molecule has 3 atom stereocenters. The highest BCUT2D eigenvalue weighted by atomic mass is 32.1. The zero-order valence-electron chi connectivity index (χ0n) is 15.8. The SMILES string of the molecule is O=C(N[C@H]1C[C@H]2C(=O)NC[C@@H](CCC(=O)N3CCOCC3)N2C1)c1cccs1. The Hall–Kier alpha value is -1.97. The number of nitrogens with zero attached hydrogens (tertiary/aromatic N) is 2. The van der Waals surface area contributed by atoms with E-state index in [1.165, 1.54) is 11.3 Å². The molecule has 28 heavy (non-hydrogen) atoms. The minimum absolute atomic E-state index is 0.0172. The average Bonchev–Trinajstić information content (AvgIpc) is 3.38. The normalized spacial score (nSPS) is 27.9. The maximum Gasteiger partial charge on any atom is 0.261 e. The fourth-order valence-electron chi connectivity index (χ4n) is 4.27. The maximum absolute atomic E-state index is 12.4. The van der Waals surface area contributed by atoms with Crippen molar-refractivity contribution in [1.29, 1.82) is 0 Å². The number of hydrogen-bond donors (Lipinski definition) is 2. The highest BCUT2D eigenvalue weighted by Gasteiger charge is 2.43. The van der Waals surface area contributed by atoms with Crippen LogP contribution in [0.4, 0.5) is 0 Å². The Bertz CT molecular complexity index is 720. The largest absolute Gasteiger partial charge is 0.378 e. The van der Waals surface area contributed by atoms with Crippen LogP contribution in [0.25, 0.3) is 0 Å². The average molecular weight is 407 g/mol. The molecule has 0 aliphatic carbocycles. The van der Waals surface area contributed by atoms with E-state index in [0.717, 1.165) is 0 Å². The first-order valence-electron chi connectivity index (χ1n) is 9.85. The zero-order chi connectivity index (χ0) is 19.5. The molecule has 0 saturated carbocycles. The zero-order valence-corrected chi connectivity index (χ0v) is 16.6. The lowest BCUT2D eigenvalue weighted by atomic mass is 10.0. The molecule has 3 aliphatic rings. The number of ether oxygens (including phenoxy) is 1. The lowest BCUT2D eigenvalue weighted by Crippen LogP contribution is -2.58. The van der Waals surface area contributed by atoms with Crippen molar-refractivity contribution in [1.82, 2.24) is 20.4 Å². The van der Waals surface area contributed by atoms with Crippen molar-refractivity contribution < 1.29 is 19.1 Å². The van der Waals surface area contributed by atoms with Crippen LogP contribution in [0.15, 0.2) is 17.5 Å². The summed E-state index contributed by atoms with van der Waals surface area (Å²) in [6.45, 7) is 3.71. The smallest absolute Gasteiger partial charge is 0.261 e. The van der Waals surface area contributed by atoms with E-state index in [9.17, 15) is 14.4 Å². The summed E-state index contributed by atoms with van der Waals surface area (Å²) in [6.07, 6.45) is 1.78. The fourth-order valence-corrected chi connectivity index (χ4v) is 4.90. The summed E-state index contributed by atoms with van der Waals surface area (Å²) >= 11 is 1.41. The number of carbonyl (C=O) groups is 3. The third kappa shape index (κ3) is 4.21. The molecule has 0 aromatic carbocycles. The Labute approximate surface area is 168 Å². The molecule has 3 fully saturated rings. The maximum atomic E-state index is 12.4. The van der Waals surface area contributed by atoms with Crippen molar-refractivity contribution in [2.45, 2.75) is 37.4 Å². The van der Waals surface area contributed by atoms with Gasteiger partial charge in [-0.25, -0.2) is 0 Å². The van der Waals surface area contributed by atoms with Crippen molar-refractivity contribution in [3.05, 3.63) is 22.4 Å². The first kappa shape index (κ1) is 19.4. The number of morpholine rings is 1. The second-order valence-corrected chi connectivity index (χ2v) is 8.47. The molecule has 0 radical (unpaired) electrons. The number of thiophene rings is 1. The first-order chi connectivity index (χ1) is 13.6. The summed E-state index contributed by atoms with van der Waals surface area (Å²) in [5, 5.41) is 7.90. The van der Waals surface area contributed by atoms with Gasteiger partial charge in [0.05, 0.1) is 24.1 Å². The monoisotopic (exact) mass is 406 g/mol. The molecular formula is C19H26N4O4S. The van der Waals surface area contributed by atoms with Crippen molar-refractivity contribution in [2.75, 3.05) is 39.4 Å². The molecule has 0 bridgehead atoms. The molecule has 1 aromatic rings. The van der Waals surface area contributed by atoms with Gasteiger partial charge in [0.15, 0.2) is 0 Å². The molecule has 4 heterocycles. The van der Waals surface area contributed by atoms with Gasteiger partial charge in [-0.05, 0) is 24.3 Å². The second kappa shape index (κ2) is 8.59. The summed E-state index contributed by atoms with van der Waals surface area (Å²) in [5.41, 5.74) is 0. The molecule has 0 unspecified atom stereocenters. The van der Waals surface area contributed by atoms with Crippen LogP contribution in [-0.4, -0.2) is 85.0 Å². The highest BCUT2D eigenvalue weighted by Crippen LogP contribution is 2.26. The van der Waals surface area contributed by atoms with Gasteiger partial charge in [-0.15, -0.1) is 11.3 Å². The van der Waals surface area contributed by atoms with Crippen LogP contribution >= 0.6 is 11.3 Å². The van der Waals surface area contributed by atoms with Crippen molar-refractivity contribution in [3.63, 3.8) is 0 Å². The van der Waals surface area contributed by atoms with Crippen LogP contribution in [0, 0.1) is 0 Å². The van der Waals surface area contributed by atoms with E-state index in [1.807, 2.05) is 16.3 Å². The van der Waals surface area contributed by atoms with Gasteiger partial charge in [0, 0.05) is 44.7 Å². The number of fused-ring (bicyclic) bond motifs is 1. The van der Waals surface area contributed by atoms with Gasteiger partial charge in [0.2, 0.25) is 11.8 Å². The molecule has 152 valence electrons. The fraction of sp³-hybridized carbons (Fsp3) is 0.632. The van der Waals surface area contributed by atoms with Crippen LogP contribution in [-0.2, 0) is 14.3 Å². The third-order valence-corrected chi connectivity index (χ3v) is 6.63. The minimum atomic E-state index is -0.231. The summed E-state index contributed by atoms with van der Waals surface area (Å²) in [7, 11) is 0. The van der Waals surface area contributed by atoms with Gasteiger partial charge in [-0.3, -0.25) is 19.3 Å². The predicted molar refractivity (Wildman–Crippen MR) is 104 cm³/mol. The molecule has 3 saturated heterocycles. The quantitative estimate of drug-likeness (QED) is 0.722. The minimum Gasteiger partial charge on any atom is -0.378 e. The summed E-state index contributed by atoms with van der Waals surface area (Å²) in [5.74, 6) is 0.0847. The molecule has 9 heteroatoms. The standard InChI is InChI=1S/C19H26N4O4S/c24-17(22-5-7-27-8-6-22)4-3-14-11-20-18(25)15-10-13(12-23(14)15)21-19(26)16-2-1-9-28-16/h1-2,9,13-15H,3-8,10-12H2,(H,20,25)(H,21,26)/t13-,14+,15-/m0/s1. The lowest BCUT2D eigenvalue weighted by molar-refractivity contribution is -0.136. The molecule has 2 N–H and O–H groups in total. The lowest BCUT2D eigenvalue weighted by Gasteiger charge is -2.37. The second-order valence-electron chi connectivity index (χ2n) is 7.53. The van der Waals surface area contributed by atoms with Gasteiger partial charge >= 0.3 is 0 Å². The molecule has 0 spiro atoms. The number of piperazine rings is 1. The van der Waals surface area contributed by atoms with E-state index in [0.29, 0.717) is 63.5 Å². The Kier molecular flexibility index (Phi) is 5.93. The Morgan fingerprint density at radius 2 is 2.14 bits per heavy atom. The first-order valence-corrected chi connectivity index (χ1v) is 10.7. The molecule has 3 aliphatic heterocycles. The van der Waals surface area contributed by atoms with Crippen LogP contribution in [0.2, 0.25) is 0 Å². The molecule has 4 rings (SSSR count). The van der Waals surface area contributed by atoms with E-state index in [2.05, 4.69) is 15.5 Å². The van der Waals surface area contributed by atoms with Crippen molar-refractivity contribution >= 4 is 29.1 Å². The van der Waals surface area contributed by atoms with E-state index >= 15 is 0 Å².